The number of aromatic amines is 1. The molecule has 0 saturated carbocycles. The van der Waals surface area contributed by atoms with Crippen LogP contribution in [0, 0.1) is 5.92 Å². The van der Waals surface area contributed by atoms with Gasteiger partial charge in [0.05, 0.1) is 11.7 Å². The summed E-state index contributed by atoms with van der Waals surface area (Å²) in [4.78, 5) is 33.8. The number of carbonyl (C=O) groups is 3. The maximum Gasteiger partial charge on any atom is 0.328 e. The molecule has 1 aromatic carbocycles. The molecule has 1 aromatic heterocycles. The minimum absolute atomic E-state index is 0.0295. The van der Waals surface area contributed by atoms with Crippen LogP contribution in [-0.4, -0.2) is 68.8 Å². The Morgan fingerprint density at radius 2 is 1.93 bits per heavy atom. The van der Waals surface area contributed by atoms with Gasteiger partial charge in [0.1, 0.15) is 0 Å². The van der Waals surface area contributed by atoms with Crippen LogP contribution >= 0.6 is 0 Å². The van der Waals surface area contributed by atoms with Crippen LogP contribution in [0.4, 0.5) is 0 Å². The third kappa shape index (κ3) is 4.70. The van der Waals surface area contributed by atoms with Gasteiger partial charge in [0.25, 0.3) is 5.91 Å². The van der Waals surface area contributed by atoms with E-state index >= 15 is 0 Å². The number of fused-ring (bicyclic) bond motifs is 3. The first-order valence-electron chi connectivity index (χ1n) is 8.52. The zero-order valence-corrected chi connectivity index (χ0v) is 14.5. The van der Waals surface area contributed by atoms with E-state index in [2.05, 4.69) is 20.4 Å². The Morgan fingerprint density at radius 3 is 2.52 bits per heavy atom. The minimum Gasteiger partial charge on any atom is -0.478 e. The SMILES string of the molecule is O=C(N[C@H]1CN2CC[C@H]1C2)c1ccc2[nH]ncc2c1.O=C(O)/C=C/C(=O)O. The lowest BCUT2D eigenvalue weighted by Gasteiger charge is -2.23. The maximum atomic E-state index is 12.3. The van der Waals surface area contributed by atoms with Crippen molar-refractivity contribution in [3.63, 3.8) is 0 Å². The monoisotopic (exact) mass is 372 g/mol. The van der Waals surface area contributed by atoms with Crippen molar-refractivity contribution < 1.29 is 24.6 Å². The van der Waals surface area contributed by atoms with Crippen molar-refractivity contribution in [2.75, 3.05) is 19.6 Å². The summed E-state index contributed by atoms with van der Waals surface area (Å²) in [5, 5.41) is 26.6. The standard InChI is InChI=1S/C14H16N4O.C4H4O4/c19-14(16-13-8-18-4-3-10(13)7-18)9-1-2-12-11(5-9)6-15-17-12;5-3(6)1-2-4(7)8/h1-2,5-6,10,13H,3-4,7-8H2,(H,15,17)(H,16,19);1-2H,(H,5,6)(H,7,8)/b;2-1+/t10-,13-;/m0./s1. The largest absolute Gasteiger partial charge is 0.478 e. The van der Waals surface area contributed by atoms with E-state index in [-0.39, 0.29) is 5.91 Å². The highest BCUT2D eigenvalue weighted by Crippen LogP contribution is 2.28. The molecule has 3 heterocycles. The molecule has 2 aromatic rings. The first kappa shape index (κ1) is 18.6. The number of rotatable bonds is 4. The van der Waals surface area contributed by atoms with Crippen molar-refractivity contribution in [3.8, 4) is 0 Å². The van der Waals surface area contributed by atoms with Gasteiger partial charge in [0.2, 0.25) is 0 Å². The first-order chi connectivity index (χ1) is 12.9. The number of aromatic nitrogens is 2. The zero-order valence-electron chi connectivity index (χ0n) is 14.5. The van der Waals surface area contributed by atoms with Crippen LogP contribution in [0.5, 0.6) is 0 Å². The van der Waals surface area contributed by atoms with Crippen LogP contribution in [0.3, 0.4) is 0 Å². The van der Waals surface area contributed by atoms with Gasteiger partial charge in [0.15, 0.2) is 0 Å². The number of nitrogens with zero attached hydrogens (tertiary/aromatic N) is 2. The van der Waals surface area contributed by atoms with Gasteiger partial charge in [-0.05, 0) is 37.1 Å². The van der Waals surface area contributed by atoms with Crippen molar-refractivity contribution in [1.29, 1.82) is 0 Å². The second-order valence-corrected chi connectivity index (χ2v) is 6.57. The molecule has 9 heteroatoms. The molecule has 2 fully saturated rings. The summed E-state index contributed by atoms with van der Waals surface area (Å²) in [5.74, 6) is -1.84. The fourth-order valence-electron chi connectivity index (χ4n) is 3.43. The number of carboxylic acid groups (broad SMARTS) is 2. The highest BCUT2D eigenvalue weighted by atomic mass is 16.4. The van der Waals surface area contributed by atoms with Gasteiger partial charge in [-0.15, -0.1) is 0 Å². The number of hydrogen-bond donors (Lipinski definition) is 4. The Morgan fingerprint density at radius 1 is 1.19 bits per heavy atom. The molecule has 0 spiro atoms. The van der Waals surface area contributed by atoms with Gasteiger partial charge in [-0.1, -0.05) is 0 Å². The Balaban J connectivity index is 0.000000226. The Hall–Kier alpha value is -3.20. The predicted molar refractivity (Wildman–Crippen MR) is 96.3 cm³/mol. The van der Waals surface area contributed by atoms with Crippen molar-refractivity contribution in [2.24, 2.45) is 5.92 Å². The molecule has 0 radical (unpaired) electrons. The molecule has 142 valence electrons. The first-order valence-corrected chi connectivity index (χ1v) is 8.52. The molecule has 27 heavy (non-hydrogen) atoms. The second kappa shape index (κ2) is 8.00. The molecule has 1 amide bonds. The van der Waals surface area contributed by atoms with Gasteiger partial charge >= 0.3 is 11.9 Å². The minimum atomic E-state index is -1.26. The number of hydrogen-bond acceptors (Lipinski definition) is 5. The fraction of sp³-hybridized carbons (Fsp3) is 0.333. The molecule has 9 nitrogen and oxygen atoms in total. The van der Waals surface area contributed by atoms with E-state index in [1.54, 1.807) is 6.20 Å². The quantitative estimate of drug-likeness (QED) is 0.580. The average Bonchev–Trinajstić information content (AvgIpc) is 3.36. The van der Waals surface area contributed by atoms with Crippen LogP contribution in [0.2, 0.25) is 0 Å². The van der Waals surface area contributed by atoms with Crippen molar-refractivity contribution in [3.05, 3.63) is 42.1 Å². The molecule has 2 saturated heterocycles. The van der Waals surface area contributed by atoms with Gasteiger partial charge in [-0.25, -0.2) is 9.59 Å². The van der Waals surface area contributed by atoms with E-state index < -0.39 is 11.9 Å². The average molecular weight is 372 g/mol. The highest BCUT2D eigenvalue weighted by Gasteiger charge is 2.38. The van der Waals surface area contributed by atoms with Gasteiger partial charge in [0, 0.05) is 42.2 Å². The Bertz CT molecular complexity index is 875. The lowest BCUT2D eigenvalue weighted by molar-refractivity contribution is -0.134. The molecule has 2 aliphatic heterocycles. The molecule has 4 rings (SSSR count). The summed E-state index contributed by atoms with van der Waals surface area (Å²) in [6.45, 7) is 3.34. The maximum absolute atomic E-state index is 12.3. The van der Waals surface area contributed by atoms with E-state index in [1.165, 1.54) is 13.0 Å². The third-order valence-electron chi connectivity index (χ3n) is 4.72. The summed E-state index contributed by atoms with van der Waals surface area (Å²) in [6.07, 6.45) is 4.08. The van der Waals surface area contributed by atoms with E-state index in [0.717, 1.165) is 24.0 Å². The molecule has 3 atom stereocenters. The van der Waals surface area contributed by atoms with E-state index in [9.17, 15) is 14.4 Å². The number of aliphatic carboxylic acids is 2. The normalized spacial score (nSPS) is 23.2. The Labute approximate surface area is 154 Å². The summed E-state index contributed by atoms with van der Waals surface area (Å²) in [5.41, 5.74) is 1.68. The molecular weight excluding hydrogens is 352 g/mol. The number of nitrogens with one attached hydrogen (secondary N) is 2. The predicted octanol–water partition coefficient (Wildman–Crippen LogP) is 0.709. The molecule has 0 aliphatic carbocycles. The Kier molecular flexibility index (Phi) is 5.51. The third-order valence-corrected chi connectivity index (χ3v) is 4.72. The summed E-state index contributed by atoms with van der Waals surface area (Å²) in [7, 11) is 0. The van der Waals surface area contributed by atoms with Crippen LogP contribution in [0.25, 0.3) is 10.9 Å². The number of benzene rings is 1. The van der Waals surface area contributed by atoms with Crippen molar-refractivity contribution >= 4 is 28.7 Å². The lowest BCUT2D eigenvalue weighted by atomic mass is 9.99. The topological polar surface area (TPSA) is 136 Å². The zero-order chi connectivity index (χ0) is 19.4. The van der Waals surface area contributed by atoms with Crippen LogP contribution in [0.15, 0.2) is 36.5 Å². The highest BCUT2D eigenvalue weighted by molar-refractivity contribution is 5.98. The molecule has 2 aliphatic rings. The second-order valence-electron chi connectivity index (χ2n) is 6.57. The molecule has 2 bridgehead atoms. The van der Waals surface area contributed by atoms with Gasteiger partial charge < -0.3 is 20.4 Å². The fourth-order valence-corrected chi connectivity index (χ4v) is 3.43. The molecule has 1 unspecified atom stereocenters. The van der Waals surface area contributed by atoms with Crippen LogP contribution in [-0.2, 0) is 9.59 Å². The number of amides is 1. The lowest BCUT2D eigenvalue weighted by Crippen LogP contribution is -2.43. The summed E-state index contributed by atoms with van der Waals surface area (Å²) in [6, 6.07) is 5.97. The van der Waals surface area contributed by atoms with E-state index in [1.807, 2.05) is 18.2 Å². The van der Waals surface area contributed by atoms with E-state index in [4.69, 9.17) is 10.2 Å². The number of H-pyrrole nitrogens is 1. The van der Waals surface area contributed by atoms with Crippen LogP contribution in [0.1, 0.15) is 16.8 Å². The van der Waals surface area contributed by atoms with Gasteiger partial charge in [-0.3, -0.25) is 9.89 Å². The number of carbonyl (C=O) groups excluding carboxylic acids is 1. The summed E-state index contributed by atoms with van der Waals surface area (Å²) < 4.78 is 0. The van der Waals surface area contributed by atoms with Crippen molar-refractivity contribution in [1.82, 2.24) is 20.4 Å². The molecular formula is C18H20N4O5. The number of piperidine rings is 1. The van der Waals surface area contributed by atoms with E-state index in [0.29, 0.717) is 29.7 Å². The van der Waals surface area contributed by atoms with Crippen molar-refractivity contribution in [2.45, 2.75) is 12.5 Å². The van der Waals surface area contributed by atoms with Gasteiger partial charge in [-0.2, -0.15) is 5.10 Å². The summed E-state index contributed by atoms with van der Waals surface area (Å²) >= 11 is 0. The molecule has 4 N–H and O–H groups in total. The number of carboxylic acids is 2. The smallest absolute Gasteiger partial charge is 0.328 e. The van der Waals surface area contributed by atoms with Crippen LogP contribution < -0.4 is 5.32 Å².